The van der Waals surface area contributed by atoms with Crippen LogP contribution in [0.2, 0.25) is 5.15 Å². The first-order chi connectivity index (χ1) is 4.20. The molecule has 0 aliphatic heterocycles. The first-order valence-corrected chi connectivity index (χ1v) is 2.54. The maximum atomic E-state index is 5.40. The largest absolute Gasteiger partial charge is 0.382 e. The Labute approximate surface area is 56.9 Å². The molecule has 0 fully saturated rings. The van der Waals surface area contributed by atoms with Crippen molar-refractivity contribution in [2.45, 2.75) is 0 Å². The predicted octanol–water partition coefficient (Wildman–Crippen LogP) is 0.0946. The molecule has 0 atom stereocenters. The Morgan fingerprint density at radius 1 is 1.44 bits per heavy atom. The van der Waals surface area contributed by atoms with Crippen LogP contribution < -0.4 is 11.5 Å². The van der Waals surface area contributed by atoms with Crippen LogP contribution in [0.25, 0.3) is 0 Å². The van der Waals surface area contributed by atoms with Crippen LogP contribution in [0.5, 0.6) is 0 Å². The van der Waals surface area contributed by atoms with Crippen LogP contribution >= 0.6 is 11.6 Å². The molecule has 1 heterocycles. The lowest BCUT2D eigenvalue weighted by Crippen LogP contribution is -1.98. The Balaban J connectivity index is 3.17. The van der Waals surface area contributed by atoms with Crippen molar-refractivity contribution < 1.29 is 0 Å². The molecule has 47 valence electrons. The summed E-state index contributed by atoms with van der Waals surface area (Å²) in [7, 11) is 0. The smallest absolute Gasteiger partial charge is 0.172 e. The van der Waals surface area contributed by atoms with E-state index in [2.05, 4.69) is 16.2 Å². The molecular formula is C4H4ClN4. The molecule has 5 heteroatoms. The minimum absolute atomic E-state index is 0.129. The second-order valence-corrected chi connectivity index (χ2v) is 1.75. The topological polar surface area (TPSA) is 77.8 Å². The summed E-state index contributed by atoms with van der Waals surface area (Å²) in [5.74, 6) is 0.282. The highest BCUT2D eigenvalue weighted by molar-refractivity contribution is 6.31. The Morgan fingerprint density at radius 3 is 2.56 bits per heavy atom. The van der Waals surface area contributed by atoms with E-state index in [1.54, 1.807) is 0 Å². The number of nitrogen functional groups attached to an aromatic ring is 2. The molecule has 4 nitrogen and oxygen atoms in total. The van der Waals surface area contributed by atoms with Gasteiger partial charge in [-0.2, -0.15) is 0 Å². The maximum Gasteiger partial charge on any atom is 0.172 e. The molecule has 0 saturated heterocycles. The van der Waals surface area contributed by atoms with Crippen LogP contribution in [-0.4, -0.2) is 9.97 Å². The number of nitrogens with zero attached hydrogens (tertiary/aromatic N) is 2. The van der Waals surface area contributed by atoms with Gasteiger partial charge in [0.2, 0.25) is 0 Å². The summed E-state index contributed by atoms with van der Waals surface area (Å²) in [5.41, 5.74) is 10.4. The summed E-state index contributed by atoms with van der Waals surface area (Å²) in [6, 6.07) is 0. The quantitative estimate of drug-likeness (QED) is 0.540. The summed E-state index contributed by atoms with van der Waals surface area (Å²) in [5, 5.41) is 0.129. The summed E-state index contributed by atoms with van der Waals surface area (Å²) in [6.45, 7) is 0. The van der Waals surface area contributed by atoms with Crippen molar-refractivity contribution in [2.24, 2.45) is 0 Å². The third-order valence-electron chi connectivity index (χ3n) is 0.721. The van der Waals surface area contributed by atoms with E-state index in [0.29, 0.717) is 0 Å². The highest BCUT2D eigenvalue weighted by Gasteiger charge is 1.96. The van der Waals surface area contributed by atoms with Crippen molar-refractivity contribution in [1.29, 1.82) is 0 Å². The average molecular weight is 144 g/mol. The van der Waals surface area contributed by atoms with Crippen LogP contribution in [0, 0.1) is 6.20 Å². The lowest BCUT2D eigenvalue weighted by molar-refractivity contribution is 1.21. The zero-order chi connectivity index (χ0) is 6.85. The first kappa shape index (κ1) is 6.10. The number of hydrogen-bond donors (Lipinski definition) is 2. The van der Waals surface area contributed by atoms with E-state index < -0.39 is 0 Å². The van der Waals surface area contributed by atoms with Gasteiger partial charge in [0.25, 0.3) is 0 Å². The number of halogens is 1. The first-order valence-electron chi connectivity index (χ1n) is 2.16. The van der Waals surface area contributed by atoms with E-state index in [0.717, 1.165) is 0 Å². The van der Waals surface area contributed by atoms with Crippen LogP contribution in [0.3, 0.4) is 0 Å². The van der Waals surface area contributed by atoms with Gasteiger partial charge in [-0.05, 0) is 0 Å². The van der Waals surface area contributed by atoms with Crippen molar-refractivity contribution >= 4 is 23.2 Å². The van der Waals surface area contributed by atoms with Gasteiger partial charge in [0.05, 0.1) is 0 Å². The van der Waals surface area contributed by atoms with Gasteiger partial charge in [0.1, 0.15) is 6.20 Å². The van der Waals surface area contributed by atoms with E-state index in [1.165, 1.54) is 0 Å². The molecule has 0 unspecified atom stereocenters. The molecule has 9 heavy (non-hydrogen) atoms. The Kier molecular flexibility index (Phi) is 1.40. The SMILES string of the molecule is Nc1[c]nc(Cl)c(N)n1. The van der Waals surface area contributed by atoms with Gasteiger partial charge in [-0.3, -0.25) is 0 Å². The van der Waals surface area contributed by atoms with Gasteiger partial charge in [-0.15, -0.1) is 0 Å². The lowest BCUT2D eigenvalue weighted by atomic mass is 10.6. The molecule has 0 spiro atoms. The van der Waals surface area contributed by atoms with Crippen molar-refractivity contribution in [1.82, 2.24) is 9.97 Å². The average Bonchev–Trinajstić information content (AvgIpc) is 1.80. The van der Waals surface area contributed by atoms with Crippen molar-refractivity contribution in [2.75, 3.05) is 11.5 Å². The highest BCUT2D eigenvalue weighted by Crippen LogP contribution is 2.11. The molecular weight excluding hydrogens is 140 g/mol. The van der Waals surface area contributed by atoms with Crippen LogP contribution in [0.15, 0.2) is 0 Å². The number of rotatable bonds is 0. The summed E-state index contributed by atoms with van der Waals surface area (Å²) in [6.07, 6.45) is 2.35. The van der Waals surface area contributed by atoms with Gasteiger partial charge in [-0.25, -0.2) is 9.97 Å². The molecule has 0 saturated carbocycles. The molecule has 4 N–H and O–H groups in total. The predicted molar refractivity (Wildman–Crippen MR) is 34.7 cm³/mol. The van der Waals surface area contributed by atoms with Crippen LogP contribution in [0.1, 0.15) is 0 Å². The van der Waals surface area contributed by atoms with E-state index >= 15 is 0 Å². The second kappa shape index (κ2) is 2.06. The number of nitrogens with two attached hydrogens (primary N) is 2. The third-order valence-corrected chi connectivity index (χ3v) is 0.999. The lowest BCUT2D eigenvalue weighted by Gasteiger charge is -1.93. The minimum Gasteiger partial charge on any atom is -0.382 e. The second-order valence-electron chi connectivity index (χ2n) is 1.40. The van der Waals surface area contributed by atoms with Gasteiger partial charge in [-0.1, -0.05) is 11.6 Å². The highest BCUT2D eigenvalue weighted by atomic mass is 35.5. The molecule has 1 aromatic rings. The number of aromatic nitrogens is 2. The minimum atomic E-state index is 0.129. The van der Waals surface area contributed by atoms with E-state index in [9.17, 15) is 0 Å². The van der Waals surface area contributed by atoms with Crippen LogP contribution in [-0.2, 0) is 0 Å². The van der Waals surface area contributed by atoms with E-state index in [1.807, 2.05) is 0 Å². The molecule has 1 rings (SSSR count). The van der Waals surface area contributed by atoms with E-state index in [-0.39, 0.29) is 16.8 Å². The van der Waals surface area contributed by atoms with Gasteiger partial charge in [0, 0.05) is 0 Å². The molecule has 0 aliphatic carbocycles. The normalized spacial score (nSPS) is 9.44. The van der Waals surface area contributed by atoms with Gasteiger partial charge in [0.15, 0.2) is 16.8 Å². The molecule has 1 radical (unpaired) electrons. The fourth-order valence-corrected chi connectivity index (χ4v) is 0.449. The van der Waals surface area contributed by atoms with Crippen LogP contribution in [0.4, 0.5) is 11.6 Å². The van der Waals surface area contributed by atoms with Gasteiger partial charge < -0.3 is 11.5 Å². The van der Waals surface area contributed by atoms with E-state index in [4.69, 9.17) is 23.1 Å². The third kappa shape index (κ3) is 1.20. The summed E-state index contributed by atoms with van der Waals surface area (Å²) in [4.78, 5) is 7.08. The molecule has 0 bridgehead atoms. The molecule has 0 aliphatic rings. The van der Waals surface area contributed by atoms with Gasteiger partial charge >= 0.3 is 0 Å². The molecule has 1 aromatic heterocycles. The standard InChI is InChI=1S/C4H4ClN4/c5-3-4(7)9-2(6)1-8-3/h(H4,6,7,9). The fourth-order valence-electron chi connectivity index (χ4n) is 0.365. The summed E-state index contributed by atoms with van der Waals surface area (Å²) >= 11 is 5.40. The Hall–Kier alpha value is -1.03. The maximum absolute atomic E-state index is 5.40. The molecule has 0 amide bonds. The van der Waals surface area contributed by atoms with Crippen molar-refractivity contribution in [3.8, 4) is 0 Å². The zero-order valence-electron chi connectivity index (χ0n) is 4.43. The number of hydrogen-bond acceptors (Lipinski definition) is 4. The Bertz CT molecular complexity index is 224. The van der Waals surface area contributed by atoms with Crippen molar-refractivity contribution in [3.05, 3.63) is 11.3 Å². The molecule has 0 aromatic carbocycles. The monoisotopic (exact) mass is 143 g/mol. The van der Waals surface area contributed by atoms with Crippen molar-refractivity contribution in [3.63, 3.8) is 0 Å². The number of anilines is 2. The summed E-state index contributed by atoms with van der Waals surface area (Å²) < 4.78 is 0. The zero-order valence-corrected chi connectivity index (χ0v) is 5.18. The Morgan fingerprint density at radius 2 is 2.11 bits per heavy atom. The fraction of sp³-hybridized carbons (Fsp3) is 0.